The van der Waals surface area contributed by atoms with E-state index in [0.717, 1.165) is 36.8 Å². The maximum atomic E-state index is 8.62. The molecule has 0 spiro atoms. The van der Waals surface area contributed by atoms with Gasteiger partial charge in [0, 0.05) is 32.6 Å². The molecule has 0 amide bonds. The Bertz CT molecular complexity index is 386. The third-order valence-corrected chi connectivity index (χ3v) is 2.54. The first kappa shape index (κ1) is 14.2. The monoisotopic (exact) mass is 247 g/mol. The molecular formula is C13H21N5. The Balaban J connectivity index is 2.91. The van der Waals surface area contributed by atoms with Gasteiger partial charge < -0.3 is 10.2 Å². The van der Waals surface area contributed by atoms with Crippen molar-refractivity contribution in [2.45, 2.75) is 33.1 Å². The largest absolute Gasteiger partial charge is 0.370 e. The molecule has 0 saturated heterocycles. The highest BCUT2D eigenvalue weighted by Gasteiger charge is 2.07. The van der Waals surface area contributed by atoms with E-state index in [1.165, 1.54) is 0 Å². The van der Waals surface area contributed by atoms with Crippen LogP contribution in [-0.2, 0) is 6.42 Å². The van der Waals surface area contributed by atoms with Gasteiger partial charge in [-0.2, -0.15) is 5.26 Å². The lowest BCUT2D eigenvalue weighted by atomic mass is 10.3. The van der Waals surface area contributed by atoms with Gasteiger partial charge in [0.25, 0.3) is 0 Å². The molecule has 0 unspecified atom stereocenters. The molecule has 1 rings (SSSR count). The highest BCUT2D eigenvalue weighted by atomic mass is 15.2. The Labute approximate surface area is 109 Å². The number of anilines is 2. The molecule has 0 bridgehead atoms. The third-order valence-electron chi connectivity index (χ3n) is 2.54. The van der Waals surface area contributed by atoms with E-state index in [1.807, 2.05) is 24.9 Å². The van der Waals surface area contributed by atoms with Gasteiger partial charge in [0.2, 0.25) is 0 Å². The third kappa shape index (κ3) is 4.21. The van der Waals surface area contributed by atoms with E-state index in [0.29, 0.717) is 13.0 Å². The Kier molecular flexibility index (Phi) is 5.92. The lowest BCUT2D eigenvalue weighted by molar-refractivity contribution is 0.811. The molecule has 0 aliphatic carbocycles. The number of nitrogens with one attached hydrogen (secondary N) is 1. The summed E-state index contributed by atoms with van der Waals surface area (Å²) in [5.41, 5.74) is 0. The summed E-state index contributed by atoms with van der Waals surface area (Å²) in [6, 6.07) is 4.08. The molecule has 0 aliphatic heterocycles. The van der Waals surface area contributed by atoms with E-state index in [2.05, 4.69) is 28.3 Å². The summed E-state index contributed by atoms with van der Waals surface area (Å²) in [5.74, 6) is 2.59. The fraction of sp³-hybridized carbons (Fsp3) is 0.615. The van der Waals surface area contributed by atoms with Crippen LogP contribution in [0.4, 0.5) is 11.6 Å². The lowest BCUT2D eigenvalue weighted by Crippen LogP contribution is -2.20. The number of aromatic nitrogens is 2. The van der Waals surface area contributed by atoms with Crippen molar-refractivity contribution >= 4 is 11.6 Å². The fourth-order valence-electron chi connectivity index (χ4n) is 1.62. The van der Waals surface area contributed by atoms with Gasteiger partial charge in [0.1, 0.15) is 17.5 Å². The van der Waals surface area contributed by atoms with Gasteiger partial charge in [-0.25, -0.2) is 9.97 Å². The smallest absolute Gasteiger partial charge is 0.134 e. The molecule has 1 aromatic rings. The molecule has 0 atom stereocenters. The van der Waals surface area contributed by atoms with Gasteiger partial charge in [-0.1, -0.05) is 6.92 Å². The second-order valence-corrected chi connectivity index (χ2v) is 4.14. The van der Waals surface area contributed by atoms with E-state index < -0.39 is 0 Å². The number of nitrogens with zero attached hydrogens (tertiary/aromatic N) is 4. The zero-order chi connectivity index (χ0) is 13.4. The molecule has 5 heteroatoms. The molecule has 98 valence electrons. The van der Waals surface area contributed by atoms with E-state index >= 15 is 0 Å². The van der Waals surface area contributed by atoms with E-state index in [-0.39, 0.29) is 0 Å². The van der Waals surface area contributed by atoms with Crippen molar-refractivity contribution in [2.24, 2.45) is 0 Å². The normalized spacial score (nSPS) is 9.89. The van der Waals surface area contributed by atoms with Crippen molar-refractivity contribution in [1.29, 1.82) is 5.26 Å². The molecular weight excluding hydrogens is 226 g/mol. The highest BCUT2D eigenvalue weighted by Crippen LogP contribution is 2.15. The van der Waals surface area contributed by atoms with Crippen LogP contribution in [0.15, 0.2) is 6.07 Å². The van der Waals surface area contributed by atoms with Crippen LogP contribution in [0, 0.1) is 11.3 Å². The summed E-state index contributed by atoms with van der Waals surface area (Å²) in [5, 5.41) is 11.8. The molecule has 18 heavy (non-hydrogen) atoms. The standard InChI is InChI=1S/C13H21N5/c1-4-7-11-16-12(15-5-2)10-13(17-11)18(3)9-6-8-14/h10H,4-7,9H2,1-3H3,(H,15,16,17). The summed E-state index contributed by atoms with van der Waals surface area (Å²) in [4.78, 5) is 11.0. The second-order valence-electron chi connectivity index (χ2n) is 4.14. The van der Waals surface area contributed by atoms with Crippen molar-refractivity contribution in [3.63, 3.8) is 0 Å². The number of nitriles is 1. The van der Waals surface area contributed by atoms with Crippen LogP contribution in [0.3, 0.4) is 0 Å². The number of rotatable bonds is 7. The Morgan fingerprint density at radius 1 is 1.39 bits per heavy atom. The molecule has 5 nitrogen and oxygen atoms in total. The predicted octanol–water partition coefficient (Wildman–Crippen LogP) is 2.21. The summed E-state index contributed by atoms with van der Waals surface area (Å²) in [7, 11) is 1.95. The van der Waals surface area contributed by atoms with E-state index in [9.17, 15) is 0 Å². The SMILES string of the molecule is CCCc1nc(NCC)cc(N(C)CCC#N)n1. The Morgan fingerprint density at radius 2 is 2.17 bits per heavy atom. The second kappa shape index (κ2) is 7.49. The van der Waals surface area contributed by atoms with Crippen LogP contribution in [0.2, 0.25) is 0 Å². The Hall–Kier alpha value is -1.83. The minimum absolute atomic E-state index is 0.500. The van der Waals surface area contributed by atoms with Crippen molar-refractivity contribution in [2.75, 3.05) is 30.4 Å². The Morgan fingerprint density at radius 3 is 2.78 bits per heavy atom. The fourth-order valence-corrected chi connectivity index (χ4v) is 1.62. The lowest BCUT2D eigenvalue weighted by Gasteiger charge is -2.18. The average molecular weight is 247 g/mol. The maximum Gasteiger partial charge on any atom is 0.134 e. The highest BCUT2D eigenvalue weighted by molar-refractivity contribution is 5.49. The minimum atomic E-state index is 0.500. The molecule has 0 aromatic carbocycles. The van der Waals surface area contributed by atoms with Gasteiger partial charge in [-0.3, -0.25) is 0 Å². The van der Waals surface area contributed by atoms with Gasteiger partial charge in [-0.15, -0.1) is 0 Å². The zero-order valence-electron chi connectivity index (χ0n) is 11.4. The number of aryl methyl sites for hydroxylation is 1. The molecule has 1 heterocycles. The summed E-state index contributed by atoms with van der Waals surface area (Å²) >= 11 is 0. The number of hydrogen-bond donors (Lipinski definition) is 1. The quantitative estimate of drug-likeness (QED) is 0.800. The van der Waals surface area contributed by atoms with Crippen LogP contribution in [0.1, 0.15) is 32.5 Å². The van der Waals surface area contributed by atoms with Crippen LogP contribution in [0.25, 0.3) is 0 Å². The summed E-state index contributed by atoms with van der Waals surface area (Å²) in [6.45, 7) is 5.68. The van der Waals surface area contributed by atoms with Crippen LogP contribution in [-0.4, -0.2) is 30.1 Å². The van der Waals surface area contributed by atoms with Crippen molar-refractivity contribution in [1.82, 2.24) is 9.97 Å². The van der Waals surface area contributed by atoms with E-state index in [1.54, 1.807) is 0 Å². The van der Waals surface area contributed by atoms with Crippen molar-refractivity contribution in [3.05, 3.63) is 11.9 Å². The molecule has 0 saturated carbocycles. The van der Waals surface area contributed by atoms with Crippen molar-refractivity contribution < 1.29 is 0 Å². The average Bonchev–Trinajstić information content (AvgIpc) is 2.36. The van der Waals surface area contributed by atoms with Gasteiger partial charge in [-0.05, 0) is 13.3 Å². The van der Waals surface area contributed by atoms with Gasteiger partial charge in [0.05, 0.1) is 12.5 Å². The molecule has 1 aromatic heterocycles. The first-order valence-corrected chi connectivity index (χ1v) is 6.41. The molecule has 0 aliphatic rings. The van der Waals surface area contributed by atoms with Crippen LogP contribution in [0.5, 0.6) is 0 Å². The van der Waals surface area contributed by atoms with Gasteiger partial charge >= 0.3 is 0 Å². The van der Waals surface area contributed by atoms with Gasteiger partial charge in [0.15, 0.2) is 0 Å². The van der Waals surface area contributed by atoms with E-state index in [4.69, 9.17) is 5.26 Å². The summed E-state index contributed by atoms with van der Waals surface area (Å²) < 4.78 is 0. The maximum absolute atomic E-state index is 8.62. The van der Waals surface area contributed by atoms with Crippen LogP contribution < -0.4 is 10.2 Å². The molecule has 1 N–H and O–H groups in total. The topological polar surface area (TPSA) is 64.8 Å². The molecule has 0 radical (unpaired) electrons. The first-order chi connectivity index (χ1) is 8.71. The minimum Gasteiger partial charge on any atom is -0.370 e. The number of hydrogen-bond acceptors (Lipinski definition) is 5. The first-order valence-electron chi connectivity index (χ1n) is 6.41. The zero-order valence-corrected chi connectivity index (χ0v) is 11.4. The summed E-state index contributed by atoms with van der Waals surface area (Å²) in [6.07, 6.45) is 2.40. The predicted molar refractivity (Wildman–Crippen MR) is 73.7 cm³/mol. The molecule has 0 fully saturated rings. The van der Waals surface area contributed by atoms with Crippen LogP contribution >= 0.6 is 0 Å². The van der Waals surface area contributed by atoms with Crippen molar-refractivity contribution in [3.8, 4) is 6.07 Å².